The van der Waals surface area contributed by atoms with Gasteiger partial charge in [-0.2, -0.15) is 0 Å². The van der Waals surface area contributed by atoms with Crippen LogP contribution in [0.3, 0.4) is 0 Å². The number of carbonyl (C=O) groups is 1. The van der Waals surface area contributed by atoms with Gasteiger partial charge >= 0.3 is 0 Å². The number of halogens is 1. The Morgan fingerprint density at radius 1 is 0.862 bits per heavy atom. The normalized spacial score (nSPS) is 11.9. The van der Waals surface area contributed by atoms with Gasteiger partial charge in [-0.3, -0.25) is 9.52 Å². The van der Waals surface area contributed by atoms with E-state index in [-0.39, 0.29) is 16.1 Å². The Hall–Kier alpha value is -2.44. The number of sulfonamides is 1. The predicted octanol–water partition coefficient (Wildman–Crippen LogP) is 5.78. The molecule has 3 aromatic rings. The van der Waals surface area contributed by atoms with Gasteiger partial charge in [0.2, 0.25) is 0 Å². The van der Waals surface area contributed by atoms with E-state index in [1.807, 2.05) is 24.3 Å². The lowest BCUT2D eigenvalue weighted by Gasteiger charge is -2.19. The van der Waals surface area contributed by atoms with Crippen LogP contribution >= 0.6 is 15.9 Å². The van der Waals surface area contributed by atoms with Crippen molar-refractivity contribution in [2.75, 3.05) is 4.72 Å². The van der Waals surface area contributed by atoms with Crippen molar-refractivity contribution in [3.8, 4) is 0 Å². The molecule has 0 saturated carbocycles. The molecule has 3 rings (SSSR count). The van der Waals surface area contributed by atoms with Crippen molar-refractivity contribution in [2.45, 2.75) is 31.1 Å². The highest BCUT2D eigenvalue weighted by Crippen LogP contribution is 2.24. The first-order valence-corrected chi connectivity index (χ1v) is 11.4. The van der Waals surface area contributed by atoms with Gasteiger partial charge in [-0.25, -0.2) is 8.42 Å². The summed E-state index contributed by atoms with van der Waals surface area (Å²) in [5, 5.41) is 0. The minimum absolute atomic E-state index is 0.00674. The lowest BCUT2D eigenvalue weighted by molar-refractivity contribution is 0.103. The molecule has 4 nitrogen and oxygen atoms in total. The molecule has 0 atom stereocenters. The van der Waals surface area contributed by atoms with Gasteiger partial charge in [-0.05, 0) is 47.4 Å². The Kier molecular flexibility index (Phi) is 5.96. The van der Waals surface area contributed by atoms with Crippen LogP contribution in [0.4, 0.5) is 5.69 Å². The van der Waals surface area contributed by atoms with E-state index in [1.165, 1.54) is 12.1 Å². The van der Waals surface area contributed by atoms with E-state index in [1.54, 1.807) is 36.4 Å². The Labute approximate surface area is 180 Å². The Morgan fingerprint density at radius 3 is 2.07 bits per heavy atom. The van der Waals surface area contributed by atoms with Crippen LogP contribution in [0.5, 0.6) is 0 Å². The second-order valence-electron chi connectivity index (χ2n) is 7.80. The van der Waals surface area contributed by atoms with Gasteiger partial charge in [-0.1, -0.05) is 73.1 Å². The van der Waals surface area contributed by atoms with Gasteiger partial charge in [0.1, 0.15) is 0 Å². The molecule has 0 bridgehead atoms. The van der Waals surface area contributed by atoms with Crippen LogP contribution in [-0.2, 0) is 15.4 Å². The molecule has 0 aliphatic heterocycles. The van der Waals surface area contributed by atoms with Gasteiger partial charge < -0.3 is 0 Å². The topological polar surface area (TPSA) is 63.2 Å². The van der Waals surface area contributed by atoms with Crippen LogP contribution in [0.1, 0.15) is 42.3 Å². The van der Waals surface area contributed by atoms with E-state index < -0.39 is 10.0 Å². The molecular weight excluding hydrogens is 450 g/mol. The quantitative estimate of drug-likeness (QED) is 0.479. The summed E-state index contributed by atoms with van der Waals surface area (Å²) >= 11 is 3.29. The molecule has 0 saturated heterocycles. The Balaban J connectivity index is 1.83. The maximum atomic E-state index is 12.9. The number of rotatable bonds is 5. The number of hydrogen-bond acceptors (Lipinski definition) is 3. The fourth-order valence-electron chi connectivity index (χ4n) is 2.84. The fourth-order valence-corrected chi connectivity index (χ4v) is 4.15. The molecule has 0 aromatic heterocycles. The van der Waals surface area contributed by atoms with Crippen molar-refractivity contribution in [1.82, 2.24) is 0 Å². The molecule has 0 aliphatic carbocycles. The second-order valence-corrected chi connectivity index (χ2v) is 10.4. The first kappa shape index (κ1) is 21.3. The highest BCUT2D eigenvalue weighted by molar-refractivity contribution is 9.10. The maximum absolute atomic E-state index is 12.9. The lowest BCUT2D eigenvalue weighted by atomic mass is 9.86. The number of benzene rings is 3. The summed E-state index contributed by atoms with van der Waals surface area (Å²) in [6, 6.07) is 20.4. The summed E-state index contributed by atoms with van der Waals surface area (Å²) in [7, 11) is -3.74. The van der Waals surface area contributed by atoms with Crippen LogP contribution in [0, 0.1) is 0 Å². The molecule has 0 heterocycles. The SMILES string of the molecule is CC(C)(C)c1ccc(C(=O)c2cccc(NS(=O)(=O)c3ccc(Br)cc3)c2)cc1. The second kappa shape index (κ2) is 8.13. The number of ketones is 1. The van der Waals surface area contributed by atoms with Crippen LogP contribution in [0.25, 0.3) is 0 Å². The summed E-state index contributed by atoms with van der Waals surface area (Å²) in [5.74, 6) is -0.157. The van der Waals surface area contributed by atoms with E-state index in [0.717, 1.165) is 10.0 Å². The number of anilines is 1. The maximum Gasteiger partial charge on any atom is 0.261 e. The largest absolute Gasteiger partial charge is 0.289 e. The van der Waals surface area contributed by atoms with E-state index in [4.69, 9.17) is 0 Å². The molecular formula is C23H22BrNO3S. The zero-order valence-electron chi connectivity index (χ0n) is 16.4. The van der Waals surface area contributed by atoms with Crippen molar-refractivity contribution in [3.63, 3.8) is 0 Å². The molecule has 1 N–H and O–H groups in total. The molecule has 6 heteroatoms. The molecule has 3 aromatic carbocycles. The molecule has 0 amide bonds. The average molecular weight is 472 g/mol. The van der Waals surface area contributed by atoms with Crippen LogP contribution in [0.2, 0.25) is 0 Å². The highest BCUT2D eigenvalue weighted by atomic mass is 79.9. The number of nitrogens with one attached hydrogen (secondary N) is 1. The van der Waals surface area contributed by atoms with Crippen molar-refractivity contribution in [2.24, 2.45) is 0 Å². The van der Waals surface area contributed by atoms with Crippen LogP contribution < -0.4 is 4.72 Å². The first-order chi connectivity index (χ1) is 13.6. The Bertz CT molecular complexity index is 1130. The van der Waals surface area contributed by atoms with Crippen molar-refractivity contribution in [3.05, 3.63) is 94.0 Å². The van der Waals surface area contributed by atoms with Gasteiger partial charge in [-0.15, -0.1) is 0 Å². The summed E-state index contributed by atoms with van der Waals surface area (Å²) in [6.45, 7) is 6.35. The van der Waals surface area contributed by atoms with E-state index in [0.29, 0.717) is 16.8 Å². The lowest BCUT2D eigenvalue weighted by Crippen LogP contribution is -2.13. The minimum Gasteiger partial charge on any atom is -0.289 e. The van der Waals surface area contributed by atoms with E-state index >= 15 is 0 Å². The number of carbonyl (C=O) groups excluding carboxylic acids is 1. The van der Waals surface area contributed by atoms with Crippen LogP contribution in [0.15, 0.2) is 82.2 Å². The molecule has 0 radical (unpaired) electrons. The first-order valence-electron chi connectivity index (χ1n) is 9.10. The highest BCUT2D eigenvalue weighted by Gasteiger charge is 2.17. The molecule has 29 heavy (non-hydrogen) atoms. The van der Waals surface area contributed by atoms with Crippen molar-refractivity contribution >= 4 is 37.4 Å². The number of hydrogen-bond donors (Lipinski definition) is 1. The third kappa shape index (κ3) is 5.14. The molecule has 0 spiro atoms. The monoisotopic (exact) mass is 471 g/mol. The average Bonchev–Trinajstić information content (AvgIpc) is 2.67. The standard InChI is InChI=1S/C23H22BrNO3S/c1-23(2,3)18-9-7-16(8-10-18)22(26)17-5-4-6-20(15-17)25-29(27,28)21-13-11-19(24)12-14-21/h4-15,25H,1-3H3. The van der Waals surface area contributed by atoms with Gasteiger partial charge in [0.15, 0.2) is 5.78 Å². The predicted molar refractivity (Wildman–Crippen MR) is 120 cm³/mol. The van der Waals surface area contributed by atoms with Crippen LogP contribution in [-0.4, -0.2) is 14.2 Å². The zero-order chi connectivity index (χ0) is 21.2. The molecule has 150 valence electrons. The van der Waals surface area contributed by atoms with Gasteiger partial charge in [0.25, 0.3) is 10.0 Å². The third-order valence-electron chi connectivity index (χ3n) is 4.51. The Morgan fingerprint density at radius 2 is 1.48 bits per heavy atom. The zero-order valence-corrected chi connectivity index (χ0v) is 18.8. The molecule has 0 aliphatic rings. The van der Waals surface area contributed by atoms with E-state index in [2.05, 4.69) is 41.4 Å². The smallest absolute Gasteiger partial charge is 0.261 e. The summed E-state index contributed by atoms with van der Waals surface area (Å²) in [4.78, 5) is 13.0. The van der Waals surface area contributed by atoms with Gasteiger partial charge in [0, 0.05) is 21.3 Å². The van der Waals surface area contributed by atoms with Crippen molar-refractivity contribution < 1.29 is 13.2 Å². The molecule has 0 fully saturated rings. The fraction of sp³-hybridized carbons (Fsp3) is 0.174. The summed E-state index contributed by atoms with van der Waals surface area (Å²) in [6.07, 6.45) is 0. The van der Waals surface area contributed by atoms with Gasteiger partial charge in [0.05, 0.1) is 4.90 Å². The minimum atomic E-state index is -3.74. The van der Waals surface area contributed by atoms with Crippen molar-refractivity contribution in [1.29, 1.82) is 0 Å². The summed E-state index contributed by atoms with van der Waals surface area (Å²) < 4.78 is 28.5. The third-order valence-corrected chi connectivity index (χ3v) is 6.44. The van der Waals surface area contributed by atoms with E-state index in [9.17, 15) is 13.2 Å². The summed E-state index contributed by atoms with van der Waals surface area (Å²) in [5.41, 5.74) is 2.47. The molecule has 0 unspecified atom stereocenters.